The first-order valence-corrected chi connectivity index (χ1v) is 6.27. The maximum Gasteiger partial charge on any atom is 0.303 e. The van der Waals surface area contributed by atoms with E-state index < -0.39 is 5.97 Å². The molecule has 1 aromatic rings. The third-order valence-corrected chi connectivity index (χ3v) is 3.22. The zero-order valence-electron chi connectivity index (χ0n) is 8.99. The topological polar surface area (TPSA) is 37.3 Å². The summed E-state index contributed by atoms with van der Waals surface area (Å²) in [7, 11) is 0. The number of rotatable bonds is 7. The normalized spacial score (nSPS) is 10.3. The van der Waals surface area contributed by atoms with Crippen molar-refractivity contribution in [3.63, 3.8) is 0 Å². The average Bonchev–Trinajstić information content (AvgIpc) is 2.25. The van der Waals surface area contributed by atoms with Gasteiger partial charge in [-0.1, -0.05) is 6.42 Å². The van der Waals surface area contributed by atoms with Gasteiger partial charge in [0.1, 0.15) is 5.82 Å². The Kier molecular flexibility index (Phi) is 5.93. The fraction of sp³-hybridized carbons (Fsp3) is 0.417. The predicted molar refractivity (Wildman–Crippen MR) is 63.2 cm³/mol. The Balaban J connectivity index is 2.07. The molecule has 1 N–H and O–H groups in total. The van der Waals surface area contributed by atoms with Crippen molar-refractivity contribution in [1.29, 1.82) is 0 Å². The molecule has 4 heteroatoms. The van der Waals surface area contributed by atoms with Gasteiger partial charge in [0.15, 0.2) is 0 Å². The monoisotopic (exact) mass is 242 g/mol. The summed E-state index contributed by atoms with van der Waals surface area (Å²) in [5.41, 5.74) is 0. The van der Waals surface area contributed by atoms with Crippen molar-refractivity contribution in [3.8, 4) is 0 Å². The van der Waals surface area contributed by atoms with Gasteiger partial charge in [0, 0.05) is 11.3 Å². The van der Waals surface area contributed by atoms with Gasteiger partial charge >= 0.3 is 5.97 Å². The van der Waals surface area contributed by atoms with Gasteiger partial charge in [-0.05, 0) is 42.9 Å². The van der Waals surface area contributed by atoms with Crippen LogP contribution in [0.2, 0.25) is 0 Å². The molecule has 0 aromatic heterocycles. The van der Waals surface area contributed by atoms with Gasteiger partial charge in [0.25, 0.3) is 0 Å². The molecule has 0 unspecified atom stereocenters. The second-order valence-corrected chi connectivity index (χ2v) is 4.68. The molecule has 0 aliphatic heterocycles. The number of carboxylic acid groups (broad SMARTS) is 1. The minimum absolute atomic E-state index is 0.217. The van der Waals surface area contributed by atoms with Crippen LogP contribution in [0.1, 0.15) is 25.7 Å². The molecule has 0 heterocycles. The number of thioether (sulfide) groups is 1. The number of hydrogen-bond acceptors (Lipinski definition) is 2. The van der Waals surface area contributed by atoms with Crippen molar-refractivity contribution in [2.45, 2.75) is 30.6 Å². The lowest BCUT2D eigenvalue weighted by Gasteiger charge is -2.01. The highest BCUT2D eigenvalue weighted by Crippen LogP contribution is 2.19. The van der Waals surface area contributed by atoms with E-state index in [1.165, 1.54) is 12.1 Å². The fourth-order valence-corrected chi connectivity index (χ4v) is 2.19. The van der Waals surface area contributed by atoms with E-state index in [1.54, 1.807) is 23.9 Å². The Bertz CT molecular complexity index is 324. The zero-order valence-corrected chi connectivity index (χ0v) is 9.80. The molecule has 2 nitrogen and oxygen atoms in total. The largest absolute Gasteiger partial charge is 0.481 e. The molecule has 16 heavy (non-hydrogen) atoms. The first-order valence-electron chi connectivity index (χ1n) is 5.28. The molecule has 1 rings (SSSR count). The molecule has 1 aromatic carbocycles. The molecular formula is C12H15FO2S. The van der Waals surface area contributed by atoms with E-state index in [9.17, 15) is 9.18 Å². The number of benzene rings is 1. The number of carboxylic acids is 1. The third kappa shape index (κ3) is 5.75. The smallest absolute Gasteiger partial charge is 0.303 e. The molecule has 0 spiro atoms. The molecule has 88 valence electrons. The maximum absolute atomic E-state index is 12.6. The minimum atomic E-state index is -0.730. The Morgan fingerprint density at radius 3 is 2.50 bits per heavy atom. The first-order chi connectivity index (χ1) is 7.68. The third-order valence-electron chi connectivity index (χ3n) is 2.12. The van der Waals surface area contributed by atoms with E-state index in [0.717, 1.165) is 29.9 Å². The number of halogens is 1. The van der Waals surface area contributed by atoms with E-state index in [-0.39, 0.29) is 12.2 Å². The second-order valence-electron chi connectivity index (χ2n) is 3.51. The minimum Gasteiger partial charge on any atom is -0.481 e. The van der Waals surface area contributed by atoms with E-state index in [2.05, 4.69) is 0 Å². The van der Waals surface area contributed by atoms with E-state index >= 15 is 0 Å². The van der Waals surface area contributed by atoms with E-state index in [1.807, 2.05) is 0 Å². The molecule has 0 aliphatic rings. The summed E-state index contributed by atoms with van der Waals surface area (Å²) in [5.74, 6) is 0.00243. The van der Waals surface area contributed by atoms with Gasteiger partial charge in [-0.3, -0.25) is 4.79 Å². The van der Waals surface area contributed by atoms with Crippen molar-refractivity contribution in [2.24, 2.45) is 0 Å². The van der Waals surface area contributed by atoms with Crippen LogP contribution in [0, 0.1) is 5.82 Å². The summed E-state index contributed by atoms with van der Waals surface area (Å²) >= 11 is 1.67. The lowest BCUT2D eigenvalue weighted by molar-refractivity contribution is -0.137. The summed E-state index contributed by atoms with van der Waals surface area (Å²) in [5, 5.41) is 8.43. The number of unbranched alkanes of at least 4 members (excludes halogenated alkanes) is 2. The van der Waals surface area contributed by atoms with E-state index in [0.29, 0.717) is 0 Å². The van der Waals surface area contributed by atoms with Crippen LogP contribution >= 0.6 is 11.8 Å². The summed E-state index contributed by atoms with van der Waals surface area (Å²) in [6.07, 6.45) is 2.91. The van der Waals surface area contributed by atoms with Crippen molar-refractivity contribution < 1.29 is 14.3 Å². The lowest BCUT2D eigenvalue weighted by Crippen LogP contribution is -1.93. The molecule has 0 amide bonds. The standard InChI is InChI=1S/C12H15FO2S/c13-10-5-7-11(8-6-10)16-9-3-1-2-4-12(14)15/h5-8H,1-4,9H2,(H,14,15). The molecule has 0 saturated heterocycles. The Labute approximate surface area is 98.9 Å². The molecular weight excluding hydrogens is 227 g/mol. The molecule has 0 atom stereocenters. The Morgan fingerprint density at radius 1 is 1.19 bits per heavy atom. The number of aliphatic carboxylic acids is 1. The number of carbonyl (C=O) groups is 1. The van der Waals surface area contributed by atoms with Gasteiger partial charge in [-0.2, -0.15) is 0 Å². The molecule has 0 aliphatic carbocycles. The predicted octanol–water partition coefficient (Wildman–Crippen LogP) is 3.56. The first kappa shape index (κ1) is 13.0. The van der Waals surface area contributed by atoms with Crippen molar-refractivity contribution in [1.82, 2.24) is 0 Å². The number of hydrogen-bond donors (Lipinski definition) is 1. The summed E-state index contributed by atoms with van der Waals surface area (Å²) < 4.78 is 12.6. The van der Waals surface area contributed by atoms with Gasteiger partial charge in [0.05, 0.1) is 0 Å². The van der Waals surface area contributed by atoms with Gasteiger partial charge < -0.3 is 5.11 Å². The van der Waals surface area contributed by atoms with Crippen LogP contribution in [0.4, 0.5) is 4.39 Å². The van der Waals surface area contributed by atoms with Gasteiger partial charge in [-0.25, -0.2) is 4.39 Å². The summed E-state index contributed by atoms with van der Waals surface area (Å²) in [4.78, 5) is 11.3. The van der Waals surface area contributed by atoms with Crippen LogP contribution in [0.3, 0.4) is 0 Å². The lowest BCUT2D eigenvalue weighted by atomic mass is 10.2. The molecule has 0 bridgehead atoms. The second kappa shape index (κ2) is 7.28. The molecule has 0 radical (unpaired) electrons. The fourth-order valence-electron chi connectivity index (χ4n) is 1.28. The van der Waals surface area contributed by atoms with Crippen LogP contribution in [0.25, 0.3) is 0 Å². The van der Waals surface area contributed by atoms with Crippen LogP contribution in [-0.4, -0.2) is 16.8 Å². The zero-order chi connectivity index (χ0) is 11.8. The quantitative estimate of drug-likeness (QED) is 0.586. The van der Waals surface area contributed by atoms with Gasteiger partial charge in [-0.15, -0.1) is 11.8 Å². The Hall–Kier alpha value is -1.03. The van der Waals surface area contributed by atoms with E-state index in [4.69, 9.17) is 5.11 Å². The maximum atomic E-state index is 12.6. The van der Waals surface area contributed by atoms with Crippen molar-refractivity contribution in [3.05, 3.63) is 30.1 Å². The Morgan fingerprint density at radius 2 is 1.88 bits per heavy atom. The van der Waals surface area contributed by atoms with Crippen LogP contribution in [0.15, 0.2) is 29.2 Å². The SMILES string of the molecule is O=C(O)CCCCCSc1ccc(F)cc1. The average molecular weight is 242 g/mol. The van der Waals surface area contributed by atoms with Gasteiger partial charge in [0.2, 0.25) is 0 Å². The van der Waals surface area contributed by atoms with Crippen molar-refractivity contribution >= 4 is 17.7 Å². The highest BCUT2D eigenvalue weighted by atomic mass is 32.2. The van der Waals surface area contributed by atoms with Crippen molar-refractivity contribution in [2.75, 3.05) is 5.75 Å². The molecule has 0 saturated carbocycles. The highest BCUT2D eigenvalue weighted by molar-refractivity contribution is 7.99. The summed E-state index contributed by atoms with van der Waals surface area (Å²) in [6, 6.07) is 6.42. The van der Waals surface area contributed by atoms with Crippen LogP contribution in [0.5, 0.6) is 0 Å². The molecule has 0 fully saturated rings. The van der Waals surface area contributed by atoms with Crippen LogP contribution in [-0.2, 0) is 4.79 Å². The summed E-state index contributed by atoms with van der Waals surface area (Å²) in [6.45, 7) is 0. The highest BCUT2D eigenvalue weighted by Gasteiger charge is 1.98. The van der Waals surface area contributed by atoms with Crippen LogP contribution < -0.4 is 0 Å².